The maximum Gasteiger partial charge on any atom is 0.235 e. The lowest BCUT2D eigenvalue weighted by Gasteiger charge is -2.25. The Labute approximate surface area is 72.9 Å². The molecule has 0 radical (unpaired) electrons. The molecule has 1 rings (SSSR count). The third kappa shape index (κ3) is 1.95. The lowest BCUT2D eigenvalue weighted by Crippen LogP contribution is -2.42. The van der Waals surface area contributed by atoms with Gasteiger partial charge in [0, 0.05) is 6.04 Å². The molecule has 1 amide bonds. The topological polar surface area (TPSA) is 67.2 Å². The Morgan fingerprint density at radius 2 is 2.00 bits per heavy atom. The molecule has 0 aromatic rings. The van der Waals surface area contributed by atoms with Gasteiger partial charge in [0.15, 0.2) is 0 Å². The van der Waals surface area contributed by atoms with Gasteiger partial charge in [0.05, 0.1) is 0 Å². The molecule has 1 saturated heterocycles. The second kappa shape index (κ2) is 3.03. The Kier molecular flexibility index (Phi) is 2.39. The molecular formula is C8H17N3O. The second-order valence-electron chi connectivity index (χ2n) is 4.40. The average molecular weight is 171 g/mol. The number of hydrazine groups is 1. The summed E-state index contributed by atoms with van der Waals surface area (Å²) >= 11 is 0. The van der Waals surface area contributed by atoms with Crippen LogP contribution in [0, 0.1) is 5.41 Å². The molecule has 4 nitrogen and oxygen atoms in total. The molecule has 0 aromatic heterocycles. The third-order valence-electron chi connectivity index (χ3n) is 2.29. The predicted molar refractivity (Wildman–Crippen MR) is 47.1 cm³/mol. The first-order valence-corrected chi connectivity index (χ1v) is 4.21. The standard InChI is InChI=1S/C8H17N3O/c1-8(2,3)6-4-5(7(9)12)10-11-6/h5-6,10-11H,4H2,1-3H3,(H2,9,12). The fourth-order valence-corrected chi connectivity index (χ4v) is 1.31. The number of nitrogens with two attached hydrogens (primary N) is 1. The van der Waals surface area contributed by atoms with Crippen molar-refractivity contribution in [2.75, 3.05) is 0 Å². The molecule has 70 valence electrons. The van der Waals surface area contributed by atoms with Crippen LogP contribution in [0.1, 0.15) is 27.2 Å². The van der Waals surface area contributed by atoms with Crippen LogP contribution in [0.4, 0.5) is 0 Å². The number of carbonyl (C=O) groups excluding carboxylic acids is 1. The van der Waals surface area contributed by atoms with Crippen LogP contribution in [-0.4, -0.2) is 18.0 Å². The van der Waals surface area contributed by atoms with Crippen LogP contribution in [0.3, 0.4) is 0 Å². The van der Waals surface area contributed by atoms with Gasteiger partial charge in [-0.25, -0.2) is 5.43 Å². The van der Waals surface area contributed by atoms with E-state index in [1.165, 1.54) is 0 Å². The van der Waals surface area contributed by atoms with Crippen molar-refractivity contribution >= 4 is 5.91 Å². The molecule has 4 heteroatoms. The van der Waals surface area contributed by atoms with Crippen molar-refractivity contribution < 1.29 is 4.79 Å². The van der Waals surface area contributed by atoms with E-state index in [9.17, 15) is 4.79 Å². The summed E-state index contributed by atoms with van der Waals surface area (Å²) < 4.78 is 0. The van der Waals surface area contributed by atoms with Crippen molar-refractivity contribution in [1.82, 2.24) is 10.9 Å². The van der Waals surface area contributed by atoms with Crippen LogP contribution < -0.4 is 16.6 Å². The summed E-state index contributed by atoms with van der Waals surface area (Å²) in [6.07, 6.45) is 0.777. The van der Waals surface area contributed by atoms with Gasteiger partial charge in [-0.1, -0.05) is 20.8 Å². The Balaban J connectivity index is 2.51. The first kappa shape index (κ1) is 9.48. The fourth-order valence-electron chi connectivity index (χ4n) is 1.31. The molecule has 0 bridgehead atoms. The fraction of sp³-hybridized carbons (Fsp3) is 0.875. The number of nitrogens with one attached hydrogen (secondary N) is 2. The summed E-state index contributed by atoms with van der Waals surface area (Å²) in [5.74, 6) is -0.283. The zero-order valence-corrected chi connectivity index (χ0v) is 7.85. The number of carbonyl (C=O) groups is 1. The highest BCUT2D eigenvalue weighted by Gasteiger charge is 2.34. The normalized spacial score (nSPS) is 30.6. The van der Waals surface area contributed by atoms with E-state index in [0.717, 1.165) is 6.42 Å². The van der Waals surface area contributed by atoms with E-state index >= 15 is 0 Å². The Morgan fingerprint density at radius 3 is 2.25 bits per heavy atom. The molecule has 2 atom stereocenters. The van der Waals surface area contributed by atoms with Crippen molar-refractivity contribution in [3.05, 3.63) is 0 Å². The van der Waals surface area contributed by atoms with Crippen LogP contribution in [-0.2, 0) is 4.79 Å². The van der Waals surface area contributed by atoms with Gasteiger partial charge in [-0.05, 0) is 11.8 Å². The van der Waals surface area contributed by atoms with Crippen molar-refractivity contribution in [2.24, 2.45) is 11.1 Å². The minimum absolute atomic E-state index is 0.164. The number of primary amides is 1. The van der Waals surface area contributed by atoms with Gasteiger partial charge in [-0.15, -0.1) is 0 Å². The molecule has 0 aliphatic carbocycles. The van der Waals surface area contributed by atoms with E-state index in [2.05, 4.69) is 31.6 Å². The molecule has 4 N–H and O–H groups in total. The molecule has 1 aliphatic heterocycles. The minimum atomic E-state index is -0.283. The van der Waals surface area contributed by atoms with Crippen molar-refractivity contribution in [3.63, 3.8) is 0 Å². The van der Waals surface area contributed by atoms with E-state index in [1.54, 1.807) is 0 Å². The molecule has 1 heterocycles. The second-order valence-corrected chi connectivity index (χ2v) is 4.40. The summed E-state index contributed by atoms with van der Waals surface area (Å²) in [5, 5.41) is 0. The summed E-state index contributed by atoms with van der Waals surface area (Å²) in [7, 11) is 0. The highest BCUT2D eigenvalue weighted by atomic mass is 16.1. The van der Waals surface area contributed by atoms with Gasteiger partial charge < -0.3 is 5.73 Å². The largest absolute Gasteiger partial charge is 0.368 e. The van der Waals surface area contributed by atoms with E-state index < -0.39 is 0 Å². The molecule has 0 aromatic carbocycles. The monoisotopic (exact) mass is 171 g/mol. The average Bonchev–Trinajstić information content (AvgIpc) is 2.30. The number of amides is 1. The summed E-state index contributed by atoms with van der Waals surface area (Å²) in [4.78, 5) is 10.8. The Bertz CT molecular complexity index is 185. The van der Waals surface area contributed by atoms with Crippen LogP contribution in [0.15, 0.2) is 0 Å². The number of hydrogen-bond acceptors (Lipinski definition) is 3. The Morgan fingerprint density at radius 1 is 1.42 bits per heavy atom. The summed E-state index contributed by atoms with van der Waals surface area (Å²) in [6.45, 7) is 6.40. The first-order valence-electron chi connectivity index (χ1n) is 4.21. The maximum absolute atomic E-state index is 10.8. The summed E-state index contributed by atoms with van der Waals surface area (Å²) in [5.41, 5.74) is 11.3. The molecule has 0 saturated carbocycles. The van der Waals surface area contributed by atoms with Crippen LogP contribution in [0.2, 0.25) is 0 Å². The van der Waals surface area contributed by atoms with E-state index in [-0.39, 0.29) is 17.4 Å². The van der Waals surface area contributed by atoms with Crippen LogP contribution >= 0.6 is 0 Å². The van der Waals surface area contributed by atoms with Crippen molar-refractivity contribution in [1.29, 1.82) is 0 Å². The molecule has 12 heavy (non-hydrogen) atoms. The zero-order chi connectivity index (χ0) is 9.35. The zero-order valence-electron chi connectivity index (χ0n) is 7.85. The first-order chi connectivity index (χ1) is 5.41. The highest BCUT2D eigenvalue weighted by molar-refractivity contribution is 5.80. The van der Waals surface area contributed by atoms with E-state index in [4.69, 9.17) is 5.73 Å². The maximum atomic E-state index is 10.8. The lowest BCUT2D eigenvalue weighted by molar-refractivity contribution is -0.119. The van der Waals surface area contributed by atoms with Gasteiger partial charge >= 0.3 is 0 Å². The van der Waals surface area contributed by atoms with Gasteiger partial charge in [-0.2, -0.15) is 0 Å². The van der Waals surface area contributed by atoms with Gasteiger partial charge in [0.25, 0.3) is 0 Å². The van der Waals surface area contributed by atoms with E-state index in [1.807, 2.05) is 0 Å². The van der Waals surface area contributed by atoms with Crippen molar-refractivity contribution in [3.8, 4) is 0 Å². The predicted octanol–water partition coefficient (Wildman–Crippen LogP) is -0.247. The molecule has 2 unspecified atom stereocenters. The van der Waals surface area contributed by atoms with Gasteiger partial charge in [0.1, 0.15) is 6.04 Å². The lowest BCUT2D eigenvalue weighted by atomic mass is 9.84. The van der Waals surface area contributed by atoms with Gasteiger partial charge in [-0.3, -0.25) is 10.2 Å². The molecule has 1 fully saturated rings. The van der Waals surface area contributed by atoms with E-state index in [0.29, 0.717) is 6.04 Å². The van der Waals surface area contributed by atoms with Crippen molar-refractivity contribution in [2.45, 2.75) is 39.3 Å². The SMILES string of the molecule is CC(C)(C)C1CC(C(N)=O)NN1. The van der Waals surface area contributed by atoms with Crippen LogP contribution in [0.25, 0.3) is 0 Å². The minimum Gasteiger partial charge on any atom is -0.368 e. The van der Waals surface area contributed by atoms with Gasteiger partial charge in [0.2, 0.25) is 5.91 Å². The smallest absolute Gasteiger partial charge is 0.235 e. The third-order valence-corrected chi connectivity index (χ3v) is 2.29. The quantitative estimate of drug-likeness (QED) is 0.510. The highest BCUT2D eigenvalue weighted by Crippen LogP contribution is 2.24. The van der Waals surface area contributed by atoms with Crippen LogP contribution in [0.5, 0.6) is 0 Å². The Hall–Kier alpha value is -0.610. The molecular weight excluding hydrogens is 154 g/mol. The molecule has 0 spiro atoms. The molecule has 1 aliphatic rings. The number of rotatable bonds is 1. The summed E-state index contributed by atoms with van der Waals surface area (Å²) in [6, 6.07) is 0.101. The number of hydrogen-bond donors (Lipinski definition) is 3.